The summed E-state index contributed by atoms with van der Waals surface area (Å²) in [6, 6.07) is 0.490. The molecule has 1 atom stereocenters. The fourth-order valence-corrected chi connectivity index (χ4v) is 2.85. The quantitative estimate of drug-likeness (QED) is 0.460. The second-order valence-electron chi connectivity index (χ2n) is 5.72. The number of methoxy groups -OCH3 is 1. The average Bonchev–Trinajstić information content (AvgIpc) is 2.75. The lowest BCUT2D eigenvalue weighted by molar-refractivity contribution is -0.00906. The third-order valence-electron chi connectivity index (χ3n) is 4.24. The monoisotopic (exact) mass is 269 g/mol. The van der Waals surface area contributed by atoms with Gasteiger partial charge in [0, 0.05) is 26.2 Å². The zero-order valence-electron chi connectivity index (χ0n) is 12.0. The number of hydrogen-bond acceptors (Lipinski definition) is 3. The Bertz CT molecular complexity index is 293. The van der Waals surface area contributed by atoms with Gasteiger partial charge in [-0.3, -0.25) is 4.99 Å². The van der Waals surface area contributed by atoms with Crippen LogP contribution >= 0.6 is 0 Å². The minimum absolute atomic E-state index is 0.268. The van der Waals surface area contributed by atoms with E-state index in [4.69, 9.17) is 15.2 Å². The van der Waals surface area contributed by atoms with Gasteiger partial charge in [-0.05, 0) is 12.8 Å². The zero-order chi connectivity index (χ0) is 13.6. The van der Waals surface area contributed by atoms with Crippen molar-refractivity contribution in [3.63, 3.8) is 0 Å². The number of nitrogens with two attached hydrogens (primary N) is 1. The molecule has 0 aromatic heterocycles. The Kier molecular flexibility index (Phi) is 5.45. The van der Waals surface area contributed by atoms with Gasteiger partial charge in [0.05, 0.1) is 13.2 Å². The van der Waals surface area contributed by atoms with Gasteiger partial charge in [-0.2, -0.15) is 0 Å². The Morgan fingerprint density at radius 2 is 2.11 bits per heavy atom. The van der Waals surface area contributed by atoms with Crippen LogP contribution in [0.1, 0.15) is 44.9 Å². The SMILES string of the molecule is COC1(CN=C(N)NC2CCCCCC2)CCOC1. The molecule has 0 aromatic rings. The molecule has 5 heteroatoms. The highest BCUT2D eigenvalue weighted by Gasteiger charge is 2.34. The van der Waals surface area contributed by atoms with Crippen LogP contribution in [0.15, 0.2) is 4.99 Å². The smallest absolute Gasteiger partial charge is 0.188 e. The Morgan fingerprint density at radius 3 is 2.68 bits per heavy atom. The van der Waals surface area contributed by atoms with Crippen LogP contribution in [0.2, 0.25) is 0 Å². The average molecular weight is 269 g/mol. The fraction of sp³-hybridized carbons (Fsp3) is 0.929. The third kappa shape index (κ3) is 4.35. The van der Waals surface area contributed by atoms with Crippen molar-refractivity contribution >= 4 is 5.96 Å². The van der Waals surface area contributed by atoms with Crippen LogP contribution in [0.25, 0.3) is 0 Å². The molecule has 2 fully saturated rings. The van der Waals surface area contributed by atoms with Gasteiger partial charge >= 0.3 is 0 Å². The molecule has 2 aliphatic rings. The lowest BCUT2D eigenvalue weighted by atomic mass is 10.0. The fourth-order valence-electron chi connectivity index (χ4n) is 2.85. The minimum atomic E-state index is -0.268. The molecule has 0 spiro atoms. The van der Waals surface area contributed by atoms with E-state index in [0.717, 1.165) is 13.0 Å². The van der Waals surface area contributed by atoms with Crippen molar-refractivity contribution in [1.82, 2.24) is 5.32 Å². The van der Waals surface area contributed by atoms with Gasteiger partial charge in [-0.1, -0.05) is 25.7 Å². The highest BCUT2D eigenvalue weighted by Crippen LogP contribution is 2.22. The van der Waals surface area contributed by atoms with Gasteiger partial charge < -0.3 is 20.5 Å². The summed E-state index contributed by atoms with van der Waals surface area (Å²) in [5.74, 6) is 0.551. The molecule has 0 bridgehead atoms. The Balaban J connectivity index is 1.81. The van der Waals surface area contributed by atoms with E-state index < -0.39 is 0 Å². The molecule has 110 valence electrons. The van der Waals surface area contributed by atoms with Gasteiger partial charge in [0.1, 0.15) is 5.60 Å². The Labute approximate surface area is 115 Å². The molecule has 2 rings (SSSR count). The highest BCUT2D eigenvalue weighted by molar-refractivity contribution is 5.78. The first kappa shape index (κ1) is 14.6. The van der Waals surface area contributed by atoms with E-state index in [0.29, 0.717) is 25.2 Å². The maximum atomic E-state index is 5.99. The van der Waals surface area contributed by atoms with E-state index in [-0.39, 0.29) is 5.60 Å². The number of aliphatic imine (C=N–C) groups is 1. The lowest BCUT2D eigenvalue weighted by Crippen LogP contribution is -2.42. The normalized spacial score (nSPS) is 30.3. The van der Waals surface area contributed by atoms with Gasteiger partial charge in [0.2, 0.25) is 0 Å². The minimum Gasteiger partial charge on any atom is -0.378 e. The summed E-state index contributed by atoms with van der Waals surface area (Å²) < 4.78 is 10.9. The van der Waals surface area contributed by atoms with Crippen LogP contribution in [0.5, 0.6) is 0 Å². The van der Waals surface area contributed by atoms with Crippen molar-refractivity contribution in [3.05, 3.63) is 0 Å². The molecular formula is C14H27N3O2. The topological polar surface area (TPSA) is 68.9 Å². The van der Waals surface area contributed by atoms with Crippen molar-refractivity contribution in [1.29, 1.82) is 0 Å². The molecule has 0 radical (unpaired) electrons. The van der Waals surface area contributed by atoms with E-state index in [1.165, 1.54) is 38.5 Å². The third-order valence-corrected chi connectivity index (χ3v) is 4.24. The molecule has 1 saturated carbocycles. The maximum Gasteiger partial charge on any atom is 0.188 e. The molecular weight excluding hydrogens is 242 g/mol. The first-order chi connectivity index (χ1) is 9.24. The number of nitrogens with one attached hydrogen (secondary N) is 1. The second kappa shape index (κ2) is 7.10. The molecule has 1 aliphatic carbocycles. The van der Waals surface area contributed by atoms with Crippen molar-refractivity contribution in [2.75, 3.05) is 26.9 Å². The van der Waals surface area contributed by atoms with E-state index in [1.807, 2.05) is 0 Å². The van der Waals surface area contributed by atoms with E-state index >= 15 is 0 Å². The predicted molar refractivity (Wildman–Crippen MR) is 76.3 cm³/mol. The van der Waals surface area contributed by atoms with E-state index in [2.05, 4.69) is 10.3 Å². The molecule has 0 amide bonds. The summed E-state index contributed by atoms with van der Waals surface area (Å²) in [5.41, 5.74) is 5.72. The second-order valence-corrected chi connectivity index (χ2v) is 5.72. The molecule has 1 saturated heterocycles. The molecule has 1 unspecified atom stereocenters. The lowest BCUT2D eigenvalue weighted by Gasteiger charge is -2.24. The number of guanidine groups is 1. The first-order valence-corrected chi connectivity index (χ1v) is 7.43. The van der Waals surface area contributed by atoms with Crippen LogP contribution in [-0.2, 0) is 9.47 Å². The molecule has 1 heterocycles. The number of nitrogens with zero attached hydrogens (tertiary/aromatic N) is 1. The van der Waals surface area contributed by atoms with Gasteiger partial charge in [-0.25, -0.2) is 0 Å². The zero-order valence-corrected chi connectivity index (χ0v) is 12.0. The van der Waals surface area contributed by atoms with Crippen molar-refractivity contribution in [3.8, 4) is 0 Å². The predicted octanol–water partition coefficient (Wildman–Crippen LogP) is 1.42. The number of rotatable bonds is 4. The number of ether oxygens (including phenoxy) is 2. The first-order valence-electron chi connectivity index (χ1n) is 7.43. The molecule has 5 nitrogen and oxygen atoms in total. The standard InChI is InChI=1S/C14H27N3O2/c1-18-14(8-9-19-11-14)10-16-13(15)17-12-6-4-2-3-5-7-12/h12H,2-11H2,1H3,(H3,15,16,17). The summed E-state index contributed by atoms with van der Waals surface area (Å²) in [7, 11) is 1.72. The van der Waals surface area contributed by atoms with Crippen LogP contribution in [0.4, 0.5) is 0 Å². The van der Waals surface area contributed by atoms with Crippen molar-refractivity contribution < 1.29 is 9.47 Å². The van der Waals surface area contributed by atoms with Crippen LogP contribution in [0.3, 0.4) is 0 Å². The van der Waals surface area contributed by atoms with Crippen LogP contribution < -0.4 is 11.1 Å². The maximum absolute atomic E-state index is 5.99. The summed E-state index contributed by atoms with van der Waals surface area (Å²) in [6.45, 7) is 1.94. The van der Waals surface area contributed by atoms with Gasteiger partial charge in [0.25, 0.3) is 0 Å². The summed E-state index contributed by atoms with van der Waals surface area (Å²) in [4.78, 5) is 4.45. The van der Waals surface area contributed by atoms with Crippen molar-refractivity contribution in [2.24, 2.45) is 10.7 Å². The van der Waals surface area contributed by atoms with Gasteiger partial charge in [-0.15, -0.1) is 0 Å². The molecule has 0 aromatic carbocycles. The van der Waals surface area contributed by atoms with Crippen LogP contribution in [-0.4, -0.2) is 44.5 Å². The van der Waals surface area contributed by atoms with E-state index in [1.54, 1.807) is 7.11 Å². The summed E-state index contributed by atoms with van der Waals surface area (Å²) >= 11 is 0. The summed E-state index contributed by atoms with van der Waals surface area (Å²) in [5, 5.41) is 3.36. The molecule has 19 heavy (non-hydrogen) atoms. The highest BCUT2D eigenvalue weighted by atomic mass is 16.5. The largest absolute Gasteiger partial charge is 0.378 e. The van der Waals surface area contributed by atoms with Gasteiger partial charge in [0.15, 0.2) is 5.96 Å². The number of hydrogen-bond donors (Lipinski definition) is 2. The molecule has 1 aliphatic heterocycles. The van der Waals surface area contributed by atoms with Crippen LogP contribution in [0, 0.1) is 0 Å². The summed E-state index contributed by atoms with van der Waals surface area (Å²) in [6.07, 6.45) is 8.58. The Hall–Kier alpha value is -0.810. The van der Waals surface area contributed by atoms with Crippen molar-refractivity contribution in [2.45, 2.75) is 56.6 Å². The Morgan fingerprint density at radius 1 is 1.37 bits per heavy atom. The van der Waals surface area contributed by atoms with E-state index in [9.17, 15) is 0 Å². The molecule has 3 N–H and O–H groups in total.